The van der Waals surface area contributed by atoms with E-state index in [1.165, 1.54) is 0 Å². The Bertz CT molecular complexity index is 823. The van der Waals surface area contributed by atoms with E-state index in [9.17, 15) is 4.79 Å². The number of carbonyl (C=O) groups excluding carboxylic acids is 1. The van der Waals surface area contributed by atoms with Gasteiger partial charge in [0.15, 0.2) is 0 Å². The van der Waals surface area contributed by atoms with Crippen LogP contribution in [0.3, 0.4) is 0 Å². The molecule has 108 valence electrons. The number of H-pyrrole nitrogens is 4. The third kappa shape index (κ3) is 1.87. The van der Waals surface area contributed by atoms with Gasteiger partial charge in [-0.1, -0.05) is 0 Å². The van der Waals surface area contributed by atoms with Gasteiger partial charge in [-0.2, -0.15) is 0 Å². The standard InChI is InChI=1S/C15H12N6O/c22-13(11-9(1-3-16-11)14-18-5-6-19-14)12-10(2-4-17-12)15-20-7-8-21-15/h1-8,16-17H,(H,18,19)(H,20,21). The fraction of sp³-hybridized carbons (Fsp3) is 0. The normalized spacial score (nSPS) is 10.9. The Morgan fingerprint density at radius 2 is 1.23 bits per heavy atom. The molecule has 0 aliphatic rings. The minimum atomic E-state index is -0.146. The maximum atomic E-state index is 12.9. The molecule has 4 aromatic heterocycles. The molecule has 0 atom stereocenters. The molecule has 0 fully saturated rings. The molecule has 0 saturated carbocycles. The van der Waals surface area contributed by atoms with Gasteiger partial charge in [-0.25, -0.2) is 9.97 Å². The van der Waals surface area contributed by atoms with Crippen LogP contribution < -0.4 is 0 Å². The summed E-state index contributed by atoms with van der Waals surface area (Å²) in [7, 11) is 0. The number of imidazole rings is 2. The molecular formula is C15H12N6O. The molecule has 4 aromatic rings. The Kier molecular flexibility index (Phi) is 2.75. The maximum absolute atomic E-state index is 12.9. The Balaban J connectivity index is 1.79. The summed E-state index contributed by atoms with van der Waals surface area (Å²) in [6.07, 6.45) is 10.2. The van der Waals surface area contributed by atoms with Gasteiger partial charge in [0, 0.05) is 48.3 Å². The van der Waals surface area contributed by atoms with E-state index >= 15 is 0 Å². The highest BCUT2D eigenvalue weighted by Gasteiger charge is 2.22. The van der Waals surface area contributed by atoms with Crippen LogP contribution in [0.2, 0.25) is 0 Å². The molecule has 0 aliphatic carbocycles. The Labute approximate surface area is 124 Å². The zero-order chi connectivity index (χ0) is 14.9. The molecule has 0 bridgehead atoms. The first-order valence-corrected chi connectivity index (χ1v) is 6.73. The molecule has 7 nitrogen and oxygen atoms in total. The van der Waals surface area contributed by atoms with Crippen molar-refractivity contribution in [2.45, 2.75) is 0 Å². The van der Waals surface area contributed by atoms with Crippen molar-refractivity contribution in [3.8, 4) is 22.8 Å². The predicted octanol–water partition coefficient (Wildman–Crippen LogP) is 2.35. The first kappa shape index (κ1) is 12.4. The molecule has 22 heavy (non-hydrogen) atoms. The minimum absolute atomic E-state index is 0.146. The lowest BCUT2D eigenvalue weighted by atomic mass is 10.1. The van der Waals surface area contributed by atoms with Gasteiger partial charge in [0.2, 0.25) is 5.78 Å². The molecule has 7 heteroatoms. The highest BCUT2D eigenvalue weighted by molar-refractivity contribution is 6.13. The number of ketones is 1. The Morgan fingerprint density at radius 1 is 0.727 bits per heavy atom. The summed E-state index contributed by atoms with van der Waals surface area (Å²) in [5.74, 6) is 1.15. The minimum Gasteiger partial charge on any atom is -0.358 e. The van der Waals surface area contributed by atoms with Gasteiger partial charge in [-0.3, -0.25) is 4.79 Å². The van der Waals surface area contributed by atoms with E-state index in [0.717, 1.165) is 11.1 Å². The van der Waals surface area contributed by atoms with Crippen LogP contribution in [0.25, 0.3) is 22.8 Å². The van der Waals surface area contributed by atoms with E-state index in [-0.39, 0.29) is 5.78 Å². The van der Waals surface area contributed by atoms with Crippen LogP contribution in [-0.4, -0.2) is 35.7 Å². The average molecular weight is 292 g/mol. The monoisotopic (exact) mass is 292 g/mol. The molecule has 0 aromatic carbocycles. The Morgan fingerprint density at radius 3 is 1.64 bits per heavy atom. The van der Waals surface area contributed by atoms with Crippen LogP contribution in [0.1, 0.15) is 16.2 Å². The topological polar surface area (TPSA) is 106 Å². The number of aromatic amines is 4. The molecule has 0 aliphatic heterocycles. The van der Waals surface area contributed by atoms with Gasteiger partial charge in [0.05, 0.1) is 11.4 Å². The van der Waals surface area contributed by atoms with E-state index in [0.29, 0.717) is 23.0 Å². The van der Waals surface area contributed by atoms with Crippen molar-refractivity contribution in [1.29, 1.82) is 0 Å². The summed E-state index contributed by atoms with van der Waals surface area (Å²) in [4.78, 5) is 33.3. The van der Waals surface area contributed by atoms with Gasteiger partial charge < -0.3 is 19.9 Å². The lowest BCUT2D eigenvalue weighted by Gasteiger charge is -2.03. The lowest BCUT2D eigenvalue weighted by molar-refractivity contribution is 0.103. The van der Waals surface area contributed by atoms with Crippen LogP contribution in [0, 0.1) is 0 Å². The zero-order valence-electron chi connectivity index (χ0n) is 11.4. The highest BCUT2D eigenvalue weighted by atomic mass is 16.1. The second kappa shape index (κ2) is 4.88. The summed E-state index contributed by atoms with van der Waals surface area (Å²) in [5, 5.41) is 0. The number of rotatable bonds is 4. The van der Waals surface area contributed by atoms with Gasteiger partial charge in [0.25, 0.3) is 0 Å². The summed E-state index contributed by atoms with van der Waals surface area (Å²) in [6.45, 7) is 0. The predicted molar refractivity (Wildman–Crippen MR) is 80.2 cm³/mol. The quantitative estimate of drug-likeness (QED) is 0.434. The van der Waals surface area contributed by atoms with Crippen molar-refractivity contribution < 1.29 is 4.79 Å². The fourth-order valence-corrected chi connectivity index (χ4v) is 2.46. The van der Waals surface area contributed by atoms with Crippen molar-refractivity contribution >= 4 is 5.78 Å². The SMILES string of the molecule is O=C(c1[nH]ccc1-c1ncc[nH]1)c1[nH]ccc1-c1ncc[nH]1. The molecule has 0 unspecified atom stereocenters. The number of aromatic nitrogens is 6. The van der Waals surface area contributed by atoms with E-state index in [4.69, 9.17) is 0 Å². The molecular weight excluding hydrogens is 280 g/mol. The van der Waals surface area contributed by atoms with Crippen molar-refractivity contribution in [2.24, 2.45) is 0 Å². The highest BCUT2D eigenvalue weighted by Crippen LogP contribution is 2.25. The fourth-order valence-electron chi connectivity index (χ4n) is 2.46. The summed E-state index contributed by atoms with van der Waals surface area (Å²) >= 11 is 0. The first-order chi connectivity index (χ1) is 10.8. The van der Waals surface area contributed by atoms with E-state index in [1.54, 1.807) is 37.2 Å². The second-order valence-electron chi connectivity index (χ2n) is 4.74. The summed E-state index contributed by atoms with van der Waals surface area (Å²) in [5.41, 5.74) is 2.42. The molecule has 0 spiro atoms. The molecule has 0 amide bonds. The van der Waals surface area contributed by atoms with E-state index < -0.39 is 0 Å². The van der Waals surface area contributed by atoms with Crippen LogP contribution in [0.15, 0.2) is 49.3 Å². The first-order valence-electron chi connectivity index (χ1n) is 6.73. The van der Waals surface area contributed by atoms with E-state index in [2.05, 4.69) is 29.9 Å². The molecule has 4 N–H and O–H groups in total. The number of hydrogen-bond donors (Lipinski definition) is 4. The molecule has 0 saturated heterocycles. The molecule has 4 rings (SSSR count). The zero-order valence-corrected chi connectivity index (χ0v) is 11.4. The summed E-state index contributed by atoms with van der Waals surface area (Å²) < 4.78 is 0. The Hall–Kier alpha value is -3.35. The molecule has 0 radical (unpaired) electrons. The smallest absolute Gasteiger partial charge is 0.226 e. The van der Waals surface area contributed by atoms with Crippen molar-refractivity contribution in [2.75, 3.05) is 0 Å². The van der Waals surface area contributed by atoms with E-state index in [1.807, 2.05) is 12.1 Å². The maximum Gasteiger partial charge on any atom is 0.226 e. The van der Waals surface area contributed by atoms with Gasteiger partial charge in [0.1, 0.15) is 11.6 Å². The number of nitrogens with zero attached hydrogens (tertiary/aromatic N) is 2. The largest absolute Gasteiger partial charge is 0.358 e. The third-order valence-corrected chi connectivity index (χ3v) is 3.45. The van der Waals surface area contributed by atoms with Crippen molar-refractivity contribution in [3.05, 3.63) is 60.7 Å². The number of nitrogens with one attached hydrogen (secondary N) is 4. The summed E-state index contributed by atoms with van der Waals surface area (Å²) in [6, 6.07) is 3.64. The van der Waals surface area contributed by atoms with Crippen molar-refractivity contribution in [1.82, 2.24) is 29.9 Å². The third-order valence-electron chi connectivity index (χ3n) is 3.45. The average Bonchev–Trinajstić information content (AvgIpc) is 3.35. The van der Waals surface area contributed by atoms with Gasteiger partial charge in [-0.15, -0.1) is 0 Å². The number of hydrogen-bond acceptors (Lipinski definition) is 3. The van der Waals surface area contributed by atoms with Crippen LogP contribution in [0.5, 0.6) is 0 Å². The van der Waals surface area contributed by atoms with Crippen LogP contribution in [-0.2, 0) is 0 Å². The van der Waals surface area contributed by atoms with Crippen LogP contribution in [0.4, 0.5) is 0 Å². The van der Waals surface area contributed by atoms with Crippen molar-refractivity contribution in [3.63, 3.8) is 0 Å². The lowest BCUT2D eigenvalue weighted by Crippen LogP contribution is -2.06. The second-order valence-corrected chi connectivity index (χ2v) is 4.74. The van der Waals surface area contributed by atoms with Gasteiger partial charge in [-0.05, 0) is 12.1 Å². The molecule has 4 heterocycles. The number of carbonyl (C=O) groups is 1. The van der Waals surface area contributed by atoms with Gasteiger partial charge >= 0.3 is 0 Å². The van der Waals surface area contributed by atoms with Crippen LogP contribution >= 0.6 is 0 Å².